The lowest BCUT2D eigenvalue weighted by atomic mass is 10.0. The van der Waals surface area contributed by atoms with Crippen LogP contribution in [-0.2, 0) is 13.5 Å². The third-order valence-electron chi connectivity index (χ3n) is 4.08. The molecule has 7 heteroatoms. The number of methoxy groups -OCH3 is 1. The van der Waals surface area contributed by atoms with Crippen molar-refractivity contribution in [1.82, 2.24) is 20.1 Å². The third kappa shape index (κ3) is 3.71. The second kappa shape index (κ2) is 7.21. The van der Waals surface area contributed by atoms with Crippen molar-refractivity contribution in [2.24, 2.45) is 7.05 Å². The first-order valence-corrected chi connectivity index (χ1v) is 8.05. The number of aromatic nitrogens is 3. The van der Waals surface area contributed by atoms with Gasteiger partial charge in [-0.05, 0) is 30.2 Å². The molecule has 0 unspecified atom stereocenters. The summed E-state index contributed by atoms with van der Waals surface area (Å²) in [5.74, 6) is 1.85. The number of hydrogen-bond acceptors (Lipinski definition) is 4. The van der Waals surface area contributed by atoms with Crippen LogP contribution >= 0.6 is 0 Å². The first-order chi connectivity index (χ1) is 12.1. The molecule has 0 aliphatic rings. The lowest BCUT2D eigenvalue weighted by Gasteiger charge is -2.12. The van der Waals surface area contributed by atoms with Crippen molar-refractivity contribution in [2.45, 2.75) is 13.3 Å². The average Bonchev–Trinajstić information content (AvgIpc) is 2.92. The zero-order valence-corrected chi connectivity index (χ0v) is 14.5. The second-order valence-electron chi connectivity index (χ2n) is 5.70. The predicted octanol–water partition coefficient (Wildman–Crippen LogP) is 2.65. The largest absolute Gasteiger partial charge is 0.496 e. The van der Waals surface area contributed by atoms with Gasteiger partial charge in [0, 0.05) is 19.2 Å². The number of carbonyl (C=O) groups is 1. The van der Waals surface area contributed by atoms with Gasteiger partial charge in [0.05, 0.1) is 7.11 Å². The molecule has 0 radical (unpaired) electrons. The zero-order chi connectivity index (χ0) is 17.8. The molecule has 7 nitrogen and oxygen atoms in total. The normalized spacial score (nSPS) is 10.7. The first kappa shape index (κ1) is 16.8. The lowest BCUT2D eigenvalue weighted by molar-refractivity contribution is 0.252. The minimum absolute atomic E-state index is 0.292. The Morgan fingerprint density at radius 2 is 2.04 bits per heavy atom. The van der Waals surface area contributed by atoms with Crippen LogP contribution < -0.4 is 15.4 Å². The van der Waals surface area contributed by atoms with Crippen LogP contribution in [0.15, 0.2) is 36.4 Å². The Morgan fingerprint density at radius 1 is 1.24 bits per heavy atom. The molecule has 0 saturated heterocycles. The van der Waals surface area contributed by atoms with Crippen LogP contribution in [0.1, 0.15) is 11.4 Å². The van der Waals surface area contributed by atoms with Gasteiger partial charge in [-0.2, -0.15) is 4.98 Å². The Bertz CT molecular complexity index is 884. The minimum Gasteiger partial charge on any atom is -0.496 e. The van der Waals surface area contributed by atoms with Gasteiger partial charge in [0.1, 0.15) is 11.6 Å². The van der Waals surface area contributed by atoms with Crippen molar-refractivity contribution < 1.29 is 9.53 Å². The number of hydrogen-bond donors (Lipinski definition) is 2. The number of aryl methyl sites for hydroxylation is 2. The van der Waals surface area contributed by atoms with Gasteiger partial charge >= 0.3 is 6.03 Å². The highest BCUT2D eigenvalue weighted by Gasteiger charge is 2.10. The monoisotopic (exact) mass is 339 g/mol. The number of nitrogens with zero attached hydrogens (tertiary/aromatic N) is 3. The molecule has 0 spiro atoms. The number of fused-ring (bicyclic) bond motifs is 1. The fourth-order valence-corrected chi connectivity index (χ4v) is 2.73. The molecule has 25 heavy (non-hydrogen) atoms. The van der Waals surface area contributed by atoms with Gasteiger partial charge in [-0.25, -0.2) is 4.79 Å². The fourth-order valence-electron chi connectivity index (χ4n) is 2.73. The standard InChI is InChI=1S/C18H21N5O2/c1-12-20-17(22-23(12)2)21-18(24)19-11-10-15-14-7-5-4-6-13(14)8-9-16(15)25-3/h4-9H,10-11H2,1-3H3,(H2,19,21,22,24). The van der Waals surface area contributed by atoms with Crippen molar-refractivity contribution >= 4 is 22.8 Å². The molecule has 0 aliphatic heterocycles. The van der Waals surface area contributed by atoms with Crippen LogP contribution in [-0.4, -0.2) is 34.5 Å². The van der Waals surface area contributed by atoms with Crippen LogP contribution in [0.4, 0.5) is 10.7 Å². The SMILES string of the molecule is COc1ccc2ccccc2c1CCNC(=O)Nc1nc(C)n(C)n1. The summed E-state index contributed by atoms with van der Waals surface area (Å²) >= 11 is 0. The molecule has 3 aromatic rings. The van der Waals surface area contributed by atoms with E-state index in [0.29, 0.717) is 18.9 Å². The Balaban J connectivity index is 1.65. The number of anilines is 1. The van der Waals surface area contributed by atoms with Gasteiger partial charge in [-0.15, -0.1) is 5.10 Å². The van der Waals surface area contributed by atoms with E-state index >= 15 is 0 Å². The number of nitrogens with one attached hydrogen (secondary N) is 2. The summed E-state index contributed by atoms with van der Waals surface area (Å²) in [5, 5.41) is 11.8. The van der Waals surface area contributed by atoms with Crippen molar-refractivity contribution in [3.05, 3.63) is 47.8 Å². The van der Waals surface area contributed by atoms with Crippen LogP contribution in [0.25, 0.3) is 10.8 Å². The van der Waals surface area contributed by atoms with Crippen LogP contribution in [0.5, 0.6) is 5.75 Å². The number of urea groups is 1. The Hall–Kier alpha value is -3.09. The number of ether oxygens (including phenoxy) is 1. The van der Waals surface area contributed by atoms with E-state index in [-0.39, 0.29) is 6.03 Å². The number of rotatable bonds is 5. The number of benzene rings is 2. The highest BCUT2D eigenvalue weighted by molar-refractivity contribution is 5.88. The highest BCUT2D eigenvalue weighted by atomic mass is 16.5. The molecule has 0 fully saturated rings. The quantitative estimate of drug-likeness (QED) is 0.749. The van der Waals surface area contributed by atoms with E-state index in [1.807, 2.05) is 31.2 Å². The zero-order valence-electron chi connectivity index (χ0n) is 14.5. The predicted molar refractivity (Wildman–Crippen MR) is 97.0 cm³/mol. The van der Waals surface area contributed by atoms with Crippen molar-refractivity contribution in [3.8, 4) is 5.75 Å². The first-order valence-electron chi connectivity index (χ1n) is 8.05. The maximum Gasteiger partial charge on any atom is 0.321 e. The van der Waals surface area contributed by atoms with E-state index in [1.165, 1.54) is 0 Å². The van der Waals surface area contributed by atoms with E-state index in [1.54, 1.807) is 18.8 Å². The third-order valence-corrected chi connectivity index (χ3v) is 4.08. The van der Waals surface area contributed by atoms with Crippen molar-refractivity contribution in [2.75, 3.05) is 19.0 Å². The summed E-state index contributed by atoms with van der Waals surface area (Å²) in [6, 6.07) is 11.8. The lowest BCUT2D eigenvalue weighted by Crippen LogP contribution is -2.31. The Labute approximate surface area is 146 Å². The van der Waals surface area contributed by atoms with Crippen molar-refractivity contribution in [1.29, 1.82) is 0 Å². The van der Waals surface area contributed by atoms with Gasteiger partial charge < -0.3 is 10.1 Å². The molecule has 2 aromatic carbocycles. The molecule has 1 aromatic heterocycles. The molecule has 0 aliphatic carbocycles. The van der Waals surface area contributed by atoms with Crippen molar-refractivity contribution in [3.63, 3.8) is 0 Å². The van der Waals surface area contributed by atoms with E-state index in [0.717, 1.165) is 27.9 Å². The van der Waals surface area contributed by atoms with Crippen LogP contribution in [0.3, 0.4) is 0 Å². The summed E-state index contributed by atoms with van der Waals surface area (Å²) in [7, 11) is 3.43. The van der Waals surface area contributed by atoms with Crippen LogP contribution in [0.2, 0.25) is 0 Å². The molecule has 0 atom stereocenters. The van der Waals surface area contributed by atoms with Gasteiger partial charge in [-0.1, -0.05) is 30.3 Å². The van der Waals surface area contributed by atoms with E-state index in [2.05, 4.69) is 32.8 Å². The van der Waals surface area contributed by atoms with Gasteiger partial charge in [0.2, 0.25) is 5.95 Å². The number of carbonyl (C=O) groups excluding carboxylic acids is 1. The summed E-state index contributed by atoms with van der Waals surface area (Å²) in [4.78, 5) is 16.1. The van der Waals surface area contributed by atoms with Crippen LogP contribution in [0, 0.1) is 6.92 Å². The number of amides is 2. The molecule has 0 bridgehead atoms. The maximum atomic E-state index is 12.0. The second-order valence-corrected chi connectivity index (χ2v) is 5.70. The summed E-state index contributed by atoms with van der Waals surface area (Å²) in [6.07, 6.45) is 0.659. The van der Waals surface area contributed by atoms with Gasteiger partial charge in [0.15, 0.2) is 0 Å². The fraction of sp³-hybridized carbons (Fsp3) is 0.278. The van der Waals surface area contributed by atoms with E-state index in [9.17, 15) is 4.79 Å². The Kier molecular flexibility index (Phi) is 4.83. The molecule has 2 amide bonds. The molecular weight excluding hydrogens is 318 g/mol. The summed E-state index contributed by atoms with van der Waals surface area (Å²) in [5.41, 5.74) is 1.08. The molecule has 1 heterocycles. The molecule has 2 N–H and O–H groups in total. The van der Waals surface area contributed by atoms with E-state index < -0.39 is 0 Å². The maximum absolute atomic E-state index is 12.0. The average molecular weight is 339 g/mol. The van der Waals surface area contributed by atoms with E-state index in [4.69, 9.17) is 4.74 Å². The Morgan fingerprint density at radius 3 is 2.76 bits per heavy atom. The summed E-state index contributed by atoms with van der Waals surface area (Å²) in [6.45, 7) is 2.30. The molecular formula is C18H21N5O2. The van der Waals surface area contributed by atoms with Gasteiger partial charge in [0.25, 0.3) is 0 Å². The molecule has 0 saturated carbocycles. The summed E-state index contributed by atoms with van der Waals surface area (Å²) < 4.78 is 7.08. The smallest absolute Gasteiger partial charge is 0.321 e. The minimum atomic E-state index is -0.329. The molecule has 130 valence electrons. The van der Waals surface area contributed by atoms with Gasteiger partial charge in [-0.3, -0.25) is 10.00 Å². The molecule has 3 rings (SSSR count). The highest BCUT2D eigenvalue weighted by Crippen LogP contribution is 2.28. The topological polar surface area (TPSA) is 81.1 Å².